The summed E-state index contributed by atoms with van der Waals surface area (Å²) in [6, 6.07) is 2.98. The monoisotopic (exact) mass is 318 g/mol. The van der Waals surface area contributed by atoms with Crippen LogP contribution >= 0.6 is 0 Å². The molecule has 122 valence electrons. The average Bonchev–Trinajstić information content (AvgIpc) is 2.46. The van der Waals surface area contributed by atoms with Crippen LogP contribution in [-0.4, -0.2) is 47.4 Å². The van der Waals surface area contributed by atoms with Crippen LogP contribution in [0.3, 0.4) is 0 Å². The summed E-state index contributed by atoms with van der Waals surface area (Å²) in [6.45, 7) is 3.11. The lowest BCUT2D eigenvalue weighted by Crippen LogP contribution is -2.52. The number of amides is 1. The molecule has 0 bridgehead atoms. The third kappa shape index (κ3) is 3.16. The second kappa shape index (κ2) is 6.12. The lowest BCUT2D eigenvalue weighted by Gasteiger charge is -2.33. The lowest BCUT2D eigenvalue weighted by molar-refractivity contribution is -0.233. The van der Waals surface area contributed by atoms with Gasteiger partial charge in [0.05, 0.1) is 13.2 Å². The molecule has 1 aromatic rings. The van der Waals surface area contributed by atoms with Gasteiger partial charge in [-0.3, -0.25) is 9.59 Å². The normalized spacial score (nSPS) is 19.3. The van der Waals surface area contributed by atoms with Gasteiger partial charge in [0, 0.05) is 18.8 Å². The van der Waals surface area contributed by atoms with E-state index in [1.54, 1.807) is 19.9 Å². The first-order valence-electron chi connectivity index (χ1n) is 6.93. The molecule has 2 rings (SSSR count). The highest BCUT2D eigenvalue weighted by atomic mass is 19.4. The predicted octanol–water partition coefficient (Wildman–Crippen LogP) is 1.58. The van der Waals surface area contributed by atoms with E-state index in [4.69, 9.17) is 0 Å². The minimum Gasteiger partial charge on any atom is -0.365 e. The molecule has 1 aliphatic heterocycles. The van der Waals surface area contributed by atoms with Crippen molar-refractivity contribution in [3.05, 3.63) is 33.7 Å². The van der Waals surface area contributed by atoms with Gasteiger partial charge in [-0.25, -0.2) is 0 Å². The molecule has 0 saturated carbocycles. The zero-order valence-corrected chi connectivity index (χ0v) is 12.3. The van der Waals surface area contributed by atoms with Crippen LogP contribution in [0.1, 0.15) is 23.0 Å². The van der Waals surface area contributed by atoms with Crippen molar-refractivity contribution in [2.45, 2.75) is 32.7 Å². The Bertz CT molecular complexity index is 625. The number of nitrogens with zero attached hydrogens (tertiary/aromatic N) is 2. The second-order valence-electron chi connectivity index (χ2n) is 5.09. The maximum absolute atomic E-state index is 12.7. The molecule has 1 fully saturated rings. The van der Waals surface area contributed by atoms with E-state index in [-0.39, 0.29) is 18.7 Å². The third-order valence-corrected chi connectivity index (χ3v) is 3.66. The van der Waals surface area contributed by atoms with Gasteiger partial charge >= 0.3 is 6.18 Å². The Kier molecular flexibility index (Phi) is 4.60. The molecule has 0 radical (unpaired) electrons. The van der Waals surface area contributed by atoms with E-state index in [0.29, 0.717) is 12.2 Å². The Labute approximate surface area is 125 Å². The number of hydrogen-bond acceptors (Lipinski definition) is 3. The third-order valence-electron chi connectivity index (χ3n) is 3.66. The molecule has 0 aliphatic carbocycles. The largest absolute Gasteiger partial charge is 0.416 e. The van der Waals surface area contributed by atoms with Crippen molar-refractivity contribution in [1.29, 1.82) is 0 Å². The predicted molar refractivity (Wildman–Crippen MR) is 72.8 cm³/mol. The molecule has 0 spiro atoms. The van der Waals surface area contributed by atoms with Crippen molar-refractivity contribution in [2.24, 2.45) is 0 Å². The zero-order valence-electron chi connectivity index (χ0n) is 12.3. The van der Waals surface area contributed by atoms with Crippen molar-refractivity contribution in [2.75, 3.05) is 19.7 Å². The first-order valence-corrected chi connectivity index (χ1v) is 6.93. The number of halogens is 3. The van der Waals surface area contributed by atoms with Crippen LogP contribution in [-0.2, 0) is 11.3 Å². The summed E-state index contributed by atoms with van der Waals surface area (Å²) in [5.41, 5.74) is 0.0945. The highest BCUT2D eigenvalue weighted by Crippen LogP contribution is 2.26. The molecule has 22 heavy (non-hydrogen) atoms. The maximum atomic E-state index is 12.7. The molecule has 0 unspecified atom stereocenters. The Morgan fingerprint density at radius 3 is 2.68 bits per heavy atom. The van der Waals surface area contributed by atoms with Crippen molar-refractivity contribution >= 4 is 5.91 Å². The molecular formula is C14H17F3N2O3. The van der Waals surface area contributed by atoms with Gasteiger partial charge in [0.2, 0.25) is 0 Å². The summed E-state index contributed by atoms with van der Waals surface area (Å²) in [5, 5.41) is 0. The molecule has 2 heterocycles. The van der Waals surface area contributed by atoms with E-state index in [1.807, 2.05) is 0 Å². The molecule has 1 amide bonds. The van der Waals surface area contributed by atoms with Crippen LogP contribution in [0.5, 0.6) is 0 Å². The summed E-state index contributed by atoms with van der Waals surface area (Å²) in [5.74, 6) is -0.690. The average molecular weight is 318 g/mol. The topological polar surface area (TPSA) is 51.5 Å². The number of carbonyl (C=O) groups is 1. The summed E-state index contributed by atoms with van der Waals surface area (Å²) in [7, 11) is 0. The Morgan fingerprint density at radius 2 is 2.09 bits per heavy atom. The smallest absolute Gasteiger partial charge is 0.365 e. The molecule has 1 aliphatic rings. The number of ether oxygens (including phenoxy) is 1. The van der Waals surface area contributed by atoms with Crippen LogP contribution in [0.4, 0.5) is 13.2 Å². The van der Waals surface area contributed by atoms with E-state index >= 15 is 0 Å². The van der Waals surface area contributed by atoms with E-state index in [2.05, 4.69) is 4.74 Å². The number of pyridine rings is 1. The van der Waals surface area contributed by atoms with Crippen LogP contribution in [0.15, 0.2) is 16.9 Å². The number of carbonyl (C=O) groups excluding carboxylic acids is 1. The highest BCUT2D eigenvalue weighted by molar-refractivity contribution is 5.94. The van der Waals surface area contributed by atoms with Crippen molar-refractivity contribution < 1.29 is 22.7 Å². The Morgan fingerprint density at radius 1 is 1.41 bits per heavy atom. The van der Waals surface area contributed by atoms with Gasteiger partial charge in [0.15, 0.2) is 6.10 Å². The molecule has 0 N–H and O–H groups in total. The van der Waals surface area contributed by atoms with Gasteiger partial charge < -0.3 is 14.2 Å². The molecule has 1 saturated heterocycles. The molecule has 0 aromatic carbocycles. The van der Waals surface area contributed by atoms with E-state index in [9.17, 15) is 22.8 Å². The highest BCUT2D eigenvalue weighted by Gasteiger charge is 2.44. The van der Waals surface area contributed by atoms with Crippen LogP contribution in [0.2, 0.25) is 0 Å². The molecule has 5 nitrogen and oxygen atoms in total. The summed E-state index contributed by atoms with van der Waals surface area (Å²) >= 11 is 0. The summed E-state index contributed by atoms with van der Waals surface area (Å²) in [4.78, 5) is 25.6. The Balaban J connectivity index is 2.27. The standard InChI is InChI=1S/C14H17F3N2O3/c1-3-19-9(2)4-5-10(13(19)21)12(20)18-6-7-22-11(8-18)14(15,16)17/h4-5,11H,3,6-8H2,1-2H3/t11-/m0/s1. The van der Waals surface area contributed by atoms with E-state index in [1.165, 1.54) is 10.6 Å². The van der Waals surface area contributed by atoms with Crippen LogP contribution in [0.25, 0.3) is 0 Å². The molecular weight excluding hydrogens is 301 g/mol. The van der Waals surface area contributed by atoms with Crippen LogP contribution in [0, 0.1) is 6.92 Å². The number of aryl methyl sites for hydroxylation is 1. The fraction of sp³-hybridized carbons (Fsp3) is 0.571. The number of hydrogen-bond donors (Lipinski definition) is 0. The number of morpholine rings is 1. The van der Waals surface area contributed by atoms with Crippen LogP contribution < -0.4 is 5.56 Å². The first-order chi connectivity index (χ1) is 10.3. The van der Waals surface area contributed by atoms with Crippen molar-refractivity contribution in [3.8, 4) is 0 Å². The number of alkyl halides is 3. The fourth-order valence-corrected chi connectivity index (χ4v) is 2.43. The van der Waals surface area contributed by atoms with Crippen molar-refractivity contribution in [3.63, 3.8) is 0 Å². The van der Waals surface area contributed by atoms with Gasteiger partial charge in [-0.05, 0) is 26.0 Å². The maximum Gasteiger partial charge on any atom is 0.416 e. The van der Waals surface area contributed by atoms with E-state index < -0.39 is 30.3 Å². The number of rotatable bonds is 2. The minimum absolute atomic E-state index is 0.0326. The second-order valence-corrected chi connectivity index (χ2v) is 5.09. The van der Waals surface area contributed by atoms with Gasteiger partial charge in [-0.1, -0.05) is 0 Å². The molecule has 1 atom stereocenters. The fourth-order valence-electron chi connectivity index (χ4n) is 2.43. The van der Waals surface area contributed by atoms with Crippen molar-refractivity contribution in [1.82, 2.24) is 9.47 Å². The summed E-state index contributed by atoms with van der Waals surface area (Å²) < 4.78 is 44.2. The van der Waals surface area contributed by atoms with Gasteiger partial charge in [0.25, 0.3) is 11.5 Å². The van der Waals surface area contributed by atoms with Gasteiger partial charge in [-0.2, -0.15) is 13.2 Å². The summed E-state index contributed by atoms with van der Waals surface area (Å²) in [6.07, 6.45) is -6.54. The minimum atomic E-state index is -4.53. The Hall–Kier alpha value is -1.83. The van der Waals surface area contributed by atoms with E-state index in [0.717, 1.165) is 4.90 Å². The first kappa shape index (κ1) is 16.5. The van der Waals surface area contributed by atoms with Gasteiger partial charge in [0.1, 0.15) is 5.56 Å². The lowest BCUT2D eigenvalue weighted by atomic mass is 10.2. The molecule has 1 aromatic heterocycles. The quantitative estimate of drug-likeness (QED) is 0.832. The van der Waals surface area contributed by atoms with Gasteiger partial charge in [-0.15, -0.1) is 0 Å². The SMILES string of the molecule is CCn1c(C)ccc(C(=O)N2CCO[C@H](C(F)(F)F)C2)c1=O. The zero-order chi connectivity index (χ0) is 16.5. The number of aromatic nitrogens is 1. The molecule has 8 heteroatoms.